The second-order valence-electron chi connectivity index (χ2n) is 5.28. The Hall–Kier alpha value is -1.89. The van der Waals surface area contributed by atoms with Crippen molar-refractivity contribution in [3.05, 3.63) is 59.4 Å². The molecule has 0 aliphatic heterocycles. The molecule has 3 aromatic rings. The molecular weight excluding hydrogens is 334 g/mol. The fourth-order valence-electron chi connectivity index (χ4n) is 2.36. The molecule has 23 heavy (non-hydrogen) atoms. The van der Waals surface area contributed by atoms with Crippen LogP contribution in [-0.2, 0) is 23.5 Å². The summed E-state index contributed by atoms with van der Waals surface area (Å²) in [5.74, 6) is 0. The predicted molar refractivity (Wildman–Crippen MR) is 91.1 cm³/mol. The fourth-order valence-corrected chi connectivity index (χ4v) is 3.52. The van der Waals surface area contributed by atoms with Gasteiger partial charge in [0.05, 0.1) is 22.3 Å². The molecule has 2 aromatic carbocycles. The van der Waals surface area contributed by atoms with Gasteiger partial charge in [-0.2, -0.15) is 0 Å². The summed E-state index contributed by atoms with van der Waals surface area (Å²) in [7, 11) is -1.57. The van der Waals surface area contributed by atoms with Crippen molar-refractivity contribution >= 4 is 32.7 Å². The zero-order valence-electron chi connectivity index (χ0n) is 12.5. The van der Waals surface area contributed by atoms with Crippen LogP contribution in [0.15, 0.2) is 53.7 Å². The Morgan fingerprint density at radius 3 is 2.65 bits per heavy atom. The summed E-state index contributed by atoms with van der Waals surface area (Å²) in [6.45, 7) is 0.323. The highest BCUT2D eigenvalue weighted by Crippen LogP contribution is 2.15. The van der Waals surface area contributed by atoms with Crippen LogP contribution >= 0.6 is 11.6 Å². The van der Waals surface area contributed by atoms with E-state index >= 15 is 0 Å². The summed E-state index contributed by atoms with van der Waals surface area (Å²) >= 11 is 5.77. The molecule has 0 atom stereocenters. The first-order valence-electron chi connectivity index (χ1n) is 7.11. The van der Waals surface area contributed by atoms with Gasteiger partial charge in [0.2, 0.25) is 10.0 Å². The minimum Gasteiger partial charge on any atom is -0.334 e. The number of rotatable bonds is 5. The van der Waals surface area contributed by atoms with Crippen molar-refractivity contribution in [3.8, 4) is 0 Å². The molecular formula is C16H16ClN3O2S. The highest BCUT2D eigenvalue weighted by molar-refractivity contribution is 7.89. The predicted octanol–water partition coefficient (Wildman–Crippen LogP) is 2.75. The molecule has 0 radical (unpaired) electrons. The number of nitrogens with one attached hydrogen (secondary N) is 1. The summed E-state index contributed by atoms with van der Waals surface area (Å²) < 4.78 is 28.9. The standard InChI is InChI=1S/C16H16ClN3O2S/c1-20-11-18-15-10-12(2-7-16(15)20)8-9-19-23(21,22)14-5-3-13(17)4-6-14/h2-7,10-11,19H,8-9H2,1H3. The van der Waals surface area contributed by atoms with E-state index in [1.165, 1.54) is 12.1 Å². The number of imidazole rings is 1. The van der Waals surface area contributed by atoms with Crippen LogP contribution < -0.4 is 4.72 Å². The maximum absolute atomic E-state index is 12.2. The number of benzene rings is 2. The Bertz CT molecular complexity index is 934. The van der Waals surface area contributed by atoms with E-state index in [1.54, 1.807) is 18.5 Å². The van der Waals surface area contributed by atoms with Crippen molar-refractivity contribution in [2.24, 2.45) is 7.05 Å². The summed E-state index contributed by atoms with van der Waals surface area (Å²) in [5.41, 5.74) is 3.00. The van der Waals surface area contributed by atoms with Crippen LogP contribution in [0.2, 0.25) is 5.02 Å². The molecule has 0 aliphatic carbocycles. The number of nitrogens with zero attached hydrogens (tertiary/aromatic N) is 2. The largest absolute Gasteiger partial charge is 0.334 e. The smallest absolute Gasteiger partial charge is 0.240 e. The molecule has 0 spiro atoms. The normalized spacial score (nSPS) is 11.9. The number of halogens is 1. The third-order valence-electron chi connectivity index (χ3n) is 3.62. The molecule has 0 saturated heterocycles. The minimum atomic E-state index is -3.51. The molecule has 0 amide bonds. The highest BCUT2D eigenvalue weighted by atomic mass is 35.5. The molecule has 0 aliphatic rings. The van der Waals surface area contributed by atoms with Gasteiger partial charge in [0.15, 0.2) is 0 Å². The van der Waals surface area contributed by atoms with Crippen LogP contribution in [0.1, 0.15) is 5.56 Å². The second kappa shape index (κ2) is 6.31. The fraction of sp³-hybridized carbons (Fsp3) is 0.188. The zero-order valence-corrected chi connectivity index (χ0v) is 14.1. The first-order chi connectivity index (χ1) is 11.0. The van der Waals surface area contributed by atoms with Crippen LogP contribution in [0.5, 0.6) is 0 Å². The highest BCUT2D eigenvalue weighted by Gasteiger charge is 2.13. The summed E-state index contributed by atoms with van der Waals surface area (Å²) in [4.78, 5) is 4.51. The Kier molecular flexibility index (Phi) is 4.39. The van der Waals surface area contributed by atoms with E-state index in [4.69, 9.17) is 11.6 Å². The van der Waals surface area contributed by atoms with E-state index in [0.29, 0.717) is 18.0 Å². The first kappa shape index (κ1) is 16.0. The molecule has 0 saturated carbocycles. The lowest BCUT2D eigenvalue weighted by atomic mass is 10.1. The van der Waals surface area contributed by atoms with E-state index in [2.05, 4.69) is 9.71 Å². The number of aromatic nitrogens is 2. The van der Waals surface area contributed by atoms with Gasteiger partial charge in [-0.1, -0.05) is 17.7 Å². The number of hydrogen-bond donors (Lipinski definition) is 1. The number of fused-ring (bicyclic) bond motifs is 1. The molecule has 120 valence electrons. The van der Waals surface area contributed by atoms with Crippen LogP contribution in [0.25, 0.3) is 11.0 Å². The number of sulfonamides is 1. The summed E-state index contributed by atoms with van der Waals surface area (Å²) in [6.07, 6.45) is 2.36. The van der Waals surface area contributed by atoms with Gasteiger partial charge < -0.3 is 4.57 Å². The Morgan fingerprint density at radius 1 is 1.17 bits per heavy atom. The van der Waals surface area contributed by atoms with E-state index in [1.807, 2.05) is 29.8 Å². The third kappa shape index (κ3) is 3.55. The van der Waals surface area contributed by atoms with Crippen molar-refractivity contribution in [3.63, 3.8) is 0 Å². The zero-order chi connectivity index (χ0) is 16.4. The molecule has 7 heteroatoms. The lowest BCUT2D eigenvalue weighted by Crippen LogP contribution is -2.25. The van der Waals surface area contributed by atoms with Gasteiger partial charge in [-0.3, -0.25) is 0 Å². The van der Waals surface area contributed by atoms with Gasteiger partial charge in [0, 0.05) is 18.6 Å². The lowest BCUT2D eigenvalue weighted by molar-refractivity contribution is 0.581. The van der Waals surface area contributed by atoms with E-state index in [-0.39, 0.29) is 4.90 Å². The molecule has 1 N–H and O–H groups in total. The molecule has 1 heterocycles. The average Bonchev–Trinajstić information content (AvgIpc) is 2.88. The van der Waals surface area contributed by atoms with Crippen LogP contribution in [-0.4, -0.2) is 24.5 Å². The molecule has 0 unspecified atom stereocenters. The number of hydrogen-bond acceptors (Lipinski definition) is 3. The lowest BCUT2D eigenvalue weighted by Gasteiger charge is -2.07. The average molecular weight is 350 g/mol. The van der Waals surface area contributed by atoms with Crippen molar-refractivity contribution in [2.75, 3.05) is 6.54 Å². The van der Waals surface area contributed by atoms with Gasteiger partial charge in [0.1, 0.15) is 0 Å². The maximum Gasteiger partial charge on any atom is 0.240 e. The van der Waals surface area contributed by atoms with E-state index in [0.717, 1.165) is 16.6 Å². The van der Waals surface area contributed by atoms with Crippen LogP contribution in [0, 0.1) is 0 Å². The Morgan fingerprint density at radius 2 is 1.91 bits per heavy atom. The Balaban J connectivity index is 1.66. The molecule has 1 aromatic heterocycles. The van der Waals surface area contributed by atoms with E-state index < -0.39 is 10.0 Å². The van der Waals surface area contributed by atoms with Crippen molar-refractivity contribution < 1.29 is 8.42 Å². The molecule has 0 bridgehead atoms. The van der Waals surface area contributed by atoms with Gasteiger partial charge in [-0.05, 0) is 48.4 Å². The minimum absolute atomic E-state index is 0.210. The quantitative estimate of drug-likeness (QED) is 0.770. The number of aryl methyl sites for hydroxylation is 1. The van der Waals surface area contributed by atoms with Gasteiger partial charge >= 0.3 is 0 Å². The molecule has 5 nitrogen and oxygen atoms in total. The second-order valence-corrected chi connectivity index (χ2v) is 7.48. The van der Waals surface area contributed by atoms with Crippen molar-refractivity contribution in [1.29, 1.82) is 0 Å². The molecule has 0 fully saturated rings. The van der Waals surface area contributed by atoms with Gasteiger partial charge in [0.25, 0.3) is 0 Å². The third-order valence-corrected chi connectivity index (χ3v) is 5.35. The van der Waals surface area contributed by atoms with Crippen LogP contribution in [0.3, 0.4) is 0 Å². The van der Waals surface area contributed by atoms with Gasteiger partial charge in [-0.25, -0.2) is 18.1 Å². The monoisotopic (exact) mass is 349 g/mol. The topological polar surface area (TPSA) is 64.0 Å². The first-order valence-corrected chi connectivity index (χ1v) is 8.97. The Labute approximate surface area is 140 Å². The van der Waals surface area contributed by atoms with E-state index in [9.17, 15) is 8.42 Å². The maximum atomic E-state index is 12.2. The van der Waals surface area contributed by atoms with Gasteiger partial charge in [-0.15, -0.1) is 0 Å². The molecule has 3 rings (SSSR count). The van der Waals surface area contributed by atoms with Crippen molar-refractivity contribution in [2.45, 2.75) is 11.3 Å². The summed E-state index contributed by atoms with van der Waals surface area (Å²) in [5, 5.41) is 0.507. The van der Waals surface area contributed by atoms with Crippen molar-refractivity contribution in [1.82, 2.24) is 14.3 Å². The SMILES string of the molecule is Cn1cnc2cc(CCNS(=O)(=O)c3ccc(Cl)cc3)ccc21. The summed E-state index contributed by atoms with van der Waals surface area (Å²) in [6, 6.07) is 12.1. The van der Waals surface area contributed by atoms with Crippen LogP contribution in [0.4, 0.5) is 0 Å².